The van der Waals surface area contributed by atoms with E-state index < -0.39 is 12.0 Å². The van der Waals surface area contributed by atoms with E-state index in [-0.39, 0.29) is 0 Å². The van der Waals surface area contributed by atoms with Gasteiger partial charge >= 0.3 is 5.97 Å². The summed E-state index contributed by atoms with van der Waals surface area (Å²) in [6.45, 7) is 6.21. The summed E-state index contributed by atoms with van der Waals surface area (Å²) in [6.07, 6.45) is 1.96. The monoisotopic (exact) mass is 157 g/mol. The molecule has 1 atom stereocenters. The molecule has 2 N–H and O–H groups in total. The van der Waals surface area contributed by atoms with Crippen LogP contribution in [0.5, 0.6) is 0 Å². The molecule has 0 bridgehead atoms. The fourth-order valence-electron chi connectivity index (χ4n) is 0.527. The number of hydrogen-bond acceptors (Lipinski definition) is 2. The van der Waals surface area contributed by atoms with Crippen LogP contribution in [0.15, 0.2) is 11.6 Å². The van der Waals surface area contributed by atoms with E-state index in [0.29, 0.717) is 6.54 Å². The highest BCUT2D eigenvalue weighted by atomic mass is 16.4. The molecular formula is C8H15NO2. The van der Waals surface area contributed by atoms with E-state index in [4.69, 9.17) is 5.11 Å². The second-order valence-corrected chi connectivity index (χ2v) is 2.75. The number of carbonyl (C=O) groups is 1. The van der Waals surface area contributed by atoms with Crippen LogP contribution in [-0.2, 0) is 4.79 Å². The van der Waals surface area contributed by atoms with Crippen LogP contribution in [0.2, 0.25) is 0 Å². The van der Waals surface area contributed by atoms with E-state index in [1.165, 1.54) is 5.57 Å². The van der Waals surface area contributed by atoms with Crippen molar-refractivity contribution >= 4 is 5.97 Å². The summed E-state index contributed by atoms with van der Waals surface area (Å²) >= 11 is 0. The summed E-state index contributed by atoms with van der Waals surface area (Å²) in [5, 5.41) is 11.3. The minimum absolute atomic E-state index is 0.467. The molecule has 0 heterocycles. The van der Waals surface area contributed by atoms with Gasteiger partial charge in [0.2, 0.25) is 0 Å². The van der Waals surface area contributed by atoms with Gasteiger partial charge in [0.05, 0.1) is 0 Å². The first kappa shape index (κ1) is 10.2. The highest BCUT2D eigenvalue weighted by molar-refractivity contribution is 5.72. The summed E-state index contributed by atoms with van der Waals surface area (Å²) in [6, 6.07) is -0.467. The molecule has 0 spiro atoms. The lowest BCUT2D eigenvalue weighted by Crippen LogP contribution is -2.33. The molecule has 0 aliphatic heterocycles. The Labute approximate surface area is 67.1 Å². The molecule has 0 saturated heterocycles. The Morgan fingerprint density at radius 1 is 1.64 bits per heavy atom. The average Bonchev–Trinajstić information content (AvgIpc) is 1.86. The first-order chi connectivity index (χ1) is 5.04. The van der Waals surface area contributed by atoms with Crippen LogP contribution in [0.4, 0.5) is 0 Å². The third-order valence-corrected chi connectivity index (χ3v) is 1.30. The lowest BCUT2D eigenvalue weighted by atomic mass is 10.3. The van der Waals surface area contributed by atoms with Crippen LogP contribution in [0.3, 0.4) is 0 Å². The Morgan fingerprint density at radius 2 is 2.18 bits per heavy atom. The van der Waals surface area contributed by atoms with E-state index >= 15 is 0 Å². The van der Waals surface area contributed by atoms with Crippen LogP contribution in [-0.4, -0.2) is 23.7 Å². The van der Waals surface area contributed by atoms with Gasteiger partial charge in [-0.15, -0.1) is 0 Å². The van der Waals surface area contributed by atoms with E-state index in [2.05, 4.69) is 5.32 Å². The number of carboxylic acids is 1. The lowest BCUT2D eigenvalue weighted by molar-refractivity contribution is -0.138. The summed E-state index contributed by atoms with van der Waals surface area (Å²) in [4.78, 5) is 10.3. The molecule has 0 aliphatic carbocycles. The second kappa shape index (κ2) is 4.91. The topological polar surface area (TPSA) is 49.3 Å². The second-order valence-electron chi connectivity index (χ2n) is 2.75. The van der Waals surface area contributed by atoms with Crippen molar-refractivity contribution in [2.45, 2.75) is 26.8 Å². The number of carboxylic acid groups (broad SMARTS) is 1. The minimum atomic E-state index is -0.813. The highest BCUT2D eigenvalue weighted by Crippen LogP contribution is 1.87. The largest absolute Gasteiger partial charge is 0.480 e. The van der Waals surface area contributed by atoms with Crippen molar-refractivity contribution in [3.05, 3.63) is 11.6 Å². The Kier molecular flexibility index (Phi) is 4.54. The number of rotatable bonds is 4. The van der Waals surface area contributed by atoms with Crippen molar-refractivity contribution in [1.82, 2.24) is 5.32 Å². The third-order valence-electron chi connectivity index (χ3n) is 1.30. The molecule has 0 aromatic rings. The predicted molar refractivity (Wildman–Crippen MR) is 44.5 cm³/mol. The van der Waals surface area contributed by atoms with Gasteiger partial charge in [-0.25, -0.2) is 0 Å². The zero-order valence-electron chi connectivity index (χ0n) is 7.22. The standard InChI is InChI=1S/C8H15NO2/c1-6(2)4-5-9-7(3)8(10)11/h4,7,9H,5H2,1-3H3,(H,10,11)/t7-/m0/s1. The highest BCUT2D eigenvalue weighted by Gasteiger charge is 2.06. The van der Waals surface area contributed by atoms with Gasteiger partial charge in [-0.2, -0.15) is 0 Å². The average molecular weight is 157 g/mol. The van der Waals surface area contributed by atoms with Crippen LogP contribution >= 0.6 is 0 Å². The Balaban J connectivity index is 3.55. The molecule has 3 heteroatoms. The van der Waals surface area contributed by atoms with Crippen molar-refractivity contribution in [2.24, 2.45) is 0 Å². The quantitative estimate of drug-likeness (QED) is 0.599. The Bertz CT molecular complexity index is 159. The molecule has 0 rings (SSSR count). The van der Waals surface area contributed by atoms with Gasteiger partial charge in [-0.3, -0.25) is 4.79 Å². The van der Waals surface area contributed by atoms with E-state index in [1.54, 1.807) is 6.92 Å². The maximum absolute atomic E-state index is 10.3. The van der Waals surface area contributed by atoms with E-state index in [0.717, 1.165) is 0 Å². The van der Waals surface area contributed by atoms with Crippen molar-refractivity contribution < 1.29 is 9.90 Å². The van der Waals surface area contributed by atoms with Crippen molar-refractivity contribution in [3.63, 3.8) is 0 Å². The van der Waals surface area contributed by atoms with Crippen LogP contribution in [0, 0.1) is 0 Å². The molecule has 0 saturated carbocycles. The molecule has 0 aromatic heterocycles. The van der Waals surface area contributed by atoms with E-state index in [9.17, 15) is 4.79 Å². The number of allylic oxidation sites excluding steroid dienone is 1. The molecule has 0 amide bonds. The van der Waals surface area contributed by atoms with Crippen molar-refractivity contribution in [3.8, 4) is 0 Å². The van der Waals surface area contributed by atoms with Gasteiger partial charge in [0.1, 0.15) is 6.04 Å². The fourth-order valence-corrected chi connectivity index (χ4v) is 0.527. The van der Waals surface area contributed by atoms with E-state index in [1.807, 2.05) is 19.9 Å². The van der Waals surface area contributed by atoms with Gasteiger partial charge in [0.25, 0.3) is 0 Å². The normalized spacial score (nSPS) is 12.3. The molecule has 64 valence electrons. The first-order valence-corrected chi connectivity index (χ1v) is 3.63. The minimum Gasteiger partial charge on any atom is -0.480 e. The summed E-state index contributed by atoms with van der Waals surface area (Å²) in [7, 11) is 0. The van der Waals surface area contributed by atoms with Gasteiger partial charge in [0.15, 0.2) is 0 Å². The molecule has 3 nitrogen and oxygen atoms in total. The molecule has 0 fully saturated rings. The third kappa shape index (κ3) is 5.61. The molecule has 11 heavy (non-hydrogen) atoms. The zero-order chi connectivity index (χ0) is 8.85. The van der Waals surface area contributed by atoms with Crippen LogP contribution in [0.1, 0.15) is 20.8 Å². The maximum atomic E-state index is 10.3. The predicted octanol–water partition coefficient (Wildman–Crippen LogP) is 1.02. The Hall–Kier alpha value is -0.830. The maximum Gasteiger partial charge on any atom is 0.320 e. The lowest BCUT2D eigenvalue weighted by Gasteiger charge is -2.05. The van der Waals surface area contributed by atoms with Gasteiger partial charge in [-0.05, 0) is 20.8 Å². The van der Waals surface area contributed by atoms with Crippen molar-refractivity contribution in [2.75, 3.05) is 6.54 Å². The smallest absolute Gasteiger partial charge is 0.320 e. The van der Waals surface area contributed by atoms with Gasteiger partial charge in [-0.1, -0.05) is 11.6 Å². The number of aliphatic carboxylic acids is 1. The fraction of sp³-hybridized carbons (Fsp3) is 0.625. The van der Waals surface area contributed by atoms with Crippen molar-refractivity contribution in [1.29, 1.82) is 0 Å². The summed E-state index contributed by atoms with van der Waals surface area (Å²) in [5.74, 6) is -0.813. The molecule has 0 radical (unpaired) electrons. The molecule has 0 aliphatic rings. The summed E-state index contributed by atoms with van der Waals surface area (Å²) in [5.41, 5.74) is 1.19. The van der Waals surface area contributed by atoms with Crippen LogP contribution in [0.25, 0.3) is 0 Å². The molecule has 0 unspecified atom stereocenters. The number of nitrogens with one attached hydrogen (secondary N) is 1. The number of hydrogen-bond donors (Lipinski definition) is 2. The SMILES string of the molecule is CC(C)=CCN[C@@H](C)C(=O)O. The molecular weight excluding hydrogens is 142 g/mol. The zero-order valence-corrected chi connectivity index (χ0v) is 7.22. The first-order valence-electron chi connectivity index (χ1n) is 3.63. The van der Waals surface area contributed by atoms with Gasteiger partial charge in [0, 0.05) is 6.54 Å². The van der Waals surface area contributed by atoms with Crippen LogP contribution < -0.4 is 5.32 Å². The summed E-state index contributed by atoms with van der Waals surface area (Å²) < 4.78 is 0. The molecule has 0 aromatic carbocycles. The Morgan fingerprint density at radius 3 is 2.55 bits per heavy atom. The van der Waals surface area contributed by atoms with Gasteiger partial charge < -0.3 is 10.4 Å².